The monoisotopic (exact) mass is 219 g/mol. The van der Waals surface area contributed by atoms with Crippen LogP contribution in [0.5, 0.6) is 0 Å². The van der Waals surface area contributed by atoms with Crippen molar-refractivity contribution in [3.05, 3.63) is 4.91 Å². The second-order valence-corrected chi connectivity index (χ2v) is 3.87. The van der Waals surface area contributed by atoms with E-state index >= 15 is 0 Å². The lowest BCUT2D eigenvalue weighted by Crippen LogP contribution is -2.53. The molecule has 0 spiro atoms. The SMILES string of the molecule is CCCC(O)(CC)C(O)(CC)CC.N=O. The number of aliphatic hydroxyl groups is 2. The van der Waals surface area contributed by atoms with Crippen LogP contribution in [-0.2, 0) is 0 Å². The van der Waals surface area contributed by atoms with Gasteiger partial charge in [-0.1, -0.05) is 39.7 Å². The average Bonchev–Trinajstić information content (AvgIpc) is 2.30. The number of nitroso groups, excluding NO2 is 1. The molecule has 0 fully saturated rings. The smallest absolute Gasteiger partial charge is 0.0930 e. The van der Waals surface area contributed by atoms with Crippen LogP contribution in [0.3, 0.4) is 0 Å². The molecular formula is C11H25NO3. The van der Waals surface area contributed by atoms with Crippen molar-refractivity contribution in [2.75, 3.05) is 0 Å². The van der Waals surface area contributed by atoms with Crippen LogP contribution in [0.1, 0.15) is 59.8 Å². The van der Waals surface area contributed by atoms with Gasteiger partial charge in [0, 0.05) is 0 Å². The summed E-state index contributed by atoms with van der Waals surface area (Å²) in [4.78, 5) is 7.50. The first-order chi connectivity index (χ1) is 6.99. The van der Waals surface area contributed by atoms with Gasteiger partial charge in [-0.05, 0) is 25.7 Å². The lowest BCUT2D eigenvalue weighted by atomic mass is 9.74. The molecule has 0 aromatic rings. The largest absolute Gasteiger partial charge is 0.387 e. The molecule has 4 nitrogen and oxygen atoms in total. The second kappa shape index (κ2) is 7.77. The maximum absolute atomic E-state index is 10.3. The Morgan fingerprint density at radius 3 is 1.40 bits per heavy atom. The molecule has 0 aromatic carbocycles. The Morgan fingerprint density at radius 1 is 0.867 bits per heavy atom. The third-order valence-electron chi connectivity index (χ3n) is 3.28. The van der Waals surface area contributed by atoms with Crippen molar-refractivity contribution in [1.82, 2.24) is 0 Å². The van der Waals surface area contributed by atoms with Crippen molar-refractivity contribution < 1.29 is 10.2 Å². The van der Waals surface area contributed by atoms with Gasteiger partial charge in [-0.25, -0.2) is 0 Å². The summed E-state index contributed by atoms with van der Waals surface area (Å²) in [6, 6.07) is 0. The minimum atomic E-state index is -0.905. The van der Waals surface area contributed by atoms with Crippen LogP contribution in [0, 0.1) is 10.5 Å². The van der Waals surface area contributed by atoms with Crippen LogP contribution in [0.15, 0.2) is 0 Å². The molecule has 15 heavy (non-hydrogen) atoms. The molecular weight excluding hydrogens is 194 g/mol. The lowest BCUT2D eigenvalue weighted by Gasteiger charge is -2.42. The Bertz CT molecular complexity index is 160. The molecule has 0 aliphatic rings. The molecule has 0 aliphatic carbocycles. The quantitative estimate of drug-likeness (QED) is 0.601. The van der Waals surface area contributed by atoms with Crippen molar-refractivity contribution in [3.63, 3.8) is 0 Å². The van der Waals surface area contributed by atoms with Gasteiger partial charge in [-0.15, -0.1) is 0 Å². The van der Waals surface area contributed by atoms with E-state index in [0.717, 1.165) is 6.42 Å². The van der Waals surface area contributed by atoms with Gasteiger partial charge in [0.1, 0.15) is 0 Å². The highest BCUT2D eigenvalue weighted by atomic mass is 16.4. The van der Waals surface area contributed by atoms with Crippen molar-refractivity contribution in [3.8, 4) is 0 Å². The van der Waals surface area contributed by atoms with E-state index in [9.17, 15) is 10.2 Å². The minimum absolute atomic E-state index is 0.619. The molecule has 1 atom stereocenters. The summed E-state index contributed by atoms with van der Waals surface area (Å²) in [6.45, 7) is 7.83. The van der Waals surface area contributed by atoms with E-state index in [1.54, 1.807) is 0 Å². The Hall–Kier alpha value is -0.480. The van der Waals surface area contributed by atoms with Gasteiger partial charge >= 0.3 is 0 Å². The molecule has 1 unspecified atom stereocenters. The van der Waals surface area contributed by atoms with Crippen molar-refractivity contribution in [1.29, 1.82) is 5.59 Å². The van der Waals surface area contributed by atoms with E-state index < -0.39 is 11.2 Å². The molecule has 0 bridgehead atoms. The van der Waals surface area contributed by atoms with Gasteiger partial charge in [0.25, 0.3) is 0 Å². The summed E-state index contributed by atoms with van der Waals surface area (Å²) in [6.07, 6.45) is 3.45. The first kappa shape index (κ1) is 16.9. The molecule has 0 radical (unpaired) electrons. The van der Waals surface area contributed by atoms with Crippen LogP contribution in [0.4, 0.5) is 0 Å². The number of nitrogens with one attached hydrogen (secondary N) is 1. The third-order valence-corrected chi connectivity index (χ3v) is 3.28. The zero-order valence-electron chi connectivity index (χ0n) is 10.3. The summed E-state index contributed by atoms with van der Waals surface area (Å²) in [5.41, 5.74) is 2.70. The highest BCUT2D eigenvalue weighted by Crippen LogP contribution is 2.35. The predicted octanol–water partition coefficient (Wildman–Crippen LogP) is 2.81. The summed E-state index contributed by atoms with van der Waals surface area (Å²) >= 11 is 0. The summed E-state index contributed by atoms with van der Waals surface area (Å²) in [7, 11) is 0. The normalized spacial score (nSPS) is 15.1. The van der Waals surface area contributed by atoms with Gasteiger partial charge in [-0.2, -0.15) is 4.91 Å². The fraction of sp³-hybridized carbons (Fsp3) is 1.00. The minimum Gasteiger partial charge on any atom is -0.387 e. The van der Waals surface area contributed by atoms with Gasteiger partial charge in [-0.3, -0.25) is 0 Å². The van der Waals surface area contributed by atoms with E-state index in [-0.39, 0.29) is 0 Å². The van der Waals surface area contributed by atoms with Crippen LogP contribution in [-0.4, -0.2) is 21.4 Å². The summed E-state index contributed by atoms with van der Waals surface area (Å²) in [5.74, 6) is 0. The van der Waals surface area contributed by atoms with E-state index in [1.807, 2.05) is 27.7 Å². The number of hydrogen-bond acceptors (Lipinski definition) is 4. The lowest BCUT2D eigenvalue weighted by molar-refractivity contribution is -0.161. The Morgan fingerprint density at radius 2 is 1.20 bits per heavy atom. The molecule has 0 aliphatic heterocycles. The molecule has 92 valence electrons. The highest BCUT2D eigenvalue weighted by molar-refractivity contribution is 4.96. The van der Waals surface area contributed by atoms with Crippen molar-refractivity contribution >= 4 is 0 Å². The highest BCUT2D eigenvalue weighted by Gasteiger charge is 2.44. The maximum Gasteiger partial charge on any atom is 0.0930 e. The van der Waals surface area contributed by atoms with Crippen LogP contribution in [0.2, 0.25) is 0 Å². The Kier molecular flexibility index (Phi) is 8.77. The molecule has 0 aromatic heterocycles. The summed E-state index contributed by atoms with van der Waals surface area (Å²) in [5, 5.41) is 20.5. The molecule has 0 saturated heterocycles. The van der Waals surface area contributed by atoms with E-state index in [1.165, 1.54) is 0 Å². The predicted molar refractivity (Wildman–Crippen MR) is 61.8 cm³/mol. The van der Waals surface area contributed by atoms with Gasteiger partial charge in [0.05, 0.1) is 11.2 Å². The molecule has 3 N–H and O–H groups in total. The number of hydrogen-bond donors (Lipinski definition) is 3. The van der Waals surface area contributed by atoms with Crippen molar-refractivity contribution in [2.24, 2.45) is 0 Å². The molecule has 0 saturated carbocycles. The second-order valence-electron chi connectivity index (χ2n) is 3.87. The summed E-state index contributed by atoms with van der Waals surface area (Å²) < 4.78 is 0. The van der Waals surface area contributed by atoms with E-state index in [2.05, 4.69) is 5.59 Å². The first-order valence-electron chi connectivity index (χ1n) is 5.64. The first-order valence-corrected chi connectivity index (χ1v) is 5.64. The fourth-order valence-electron chi connectivity index (χ4n) is 2.06. The zero-order valence-corrected chi connectivity index (χ0v) is 10.3. The van der Waals surface area contributed by atoms with Crippen LogP contribution in [0.25, 0.3) is 0 Å². The third kappa shape index (κ3) is 3.87. The Labute approximate surface area is 92.5 Å². The number of rotatable bonds is 6. The topological polar surface area (TPSA) is 81.4 Å². The molecule has 0 heterocycles. The average molecular weight is 219 g/mol. The van der Waals surface area contributed by atoms with Gasteiger partial charge < -0.3 is 10.2 Å². The molecule has 0 rings (SSSR count). The van der Waals surface area contributed by atoms with Crippen LogP contribution < -0.4 is 0 Å². The fourth-order valence-corrected chi connectivity index (χ4v) is 2.06. The molecule has 0 amide bonds. The van der Waals surface area contributed by atoms with Gasteiger partial charge in [0.15, 0.2) is 0 Å². The molecule has 4 heteroatoms. The Balaban J connectivity index is 0. The van der Waals surface area contributed by atoms with Gasteiger partial charge in [0.2, 0.25) is 0 Å². The van der Waals surface area contributed by atoms with E-state index in [4.69, 9.17) is 4.91 Å². The van der Waals surface area contributed by atoms with Crippen LogP contribution >= 0.6 is 0 Å². The zero-order chi connectivity index (χ0) is 12.5. The maximum atomic E-state index is 10.3. The van der Waals surface area contributed by atoms with Crippen molar-refractivity contribution in [2.45, 2.75) is 71.0 Å². The standard InChI is InChI=1S/C11H24O2.HNO/c1-5-9-11(13,8-4)10(12,6-2)7-3;1-2/h12-13H,5-9H2,1-4H3;1H. The van der Waals surface area contributed by atoms with E-state index in [0.29, 0.717) is 25.7 Å².